The van der Waals surface area contributed by atoms with Gasteiger partial charge in [-0.2, -0.15) is 0 Å². The average Bonchev–Trinajstić information content (AvgIpc) is 3.22. The van der Waals surface area contributed by atoms with E-state index in [-0.39, 0.29) is 6.04 Å². The van der Waals surface area contributed by atoms with E-state index >= 15 is 0 Å². The zero-order chi connectivity index (χ0) is 25.4. The number of aromatic nitrogens is 3. The highest BCUT2D eigenvalue weighted by molar-refractivity contribution is 5.91. The Morgan fingerprint density at radius 2 is 1.86 bits per heavy atom. The summed E-state index contributed by atoms with van der Waals surface area (Å²) in [5, 5.41) is 8.08. The normalized spacial score (nSPS) is 27.3. The molecule has 1 N–H and O–H groups in total. The first-order valence-corrected chi connectivity index (χ1v) is 14.0. The molecule has 0 unspecified atom stereocenters. The maximum absolute atomic E-state index is 13.2. The smallest absolute Gasteiger partial charge is 0.186 e. The first-order chi connectivity index (χ1) is 18.1. The number of Topliss-reactive ketones (excluding diaryl/α,β-unsaturated/α-hetero) is 1. The molecule has 2 aromatic heterocycles. The van der Waals surface area contributed by atoms with Crippen LogP contribution in [0.5, 0.6) is 0 Å². The predicted molar refractivity (Wildman–Crippen MR) is 144 cm³/mol. The molecule has 2 aliphatic carbocycles. The third-order valence-electron chi connectivity index (χ3n) is 8.86. The topological polar surface area (TPSA) is 90.6 Å². The lowest BCUT2D eigenvalue weighted by molar-refractivity contribution is -0.128. The van der Waals surface area contributed by atoms with Crippen LogP contribution >= 0.6 is 0 Å². The quantitative estimate of drug-likeness (QED) is 0.630. The van der Waals surface area contributed by atoms with E-state index in [2.05, 4.69) is 44.9 Å². The number of anilines is 2. The van der Waals surface area contributed by atoms with E-state index in [1.807, 2.05) is 6.08 Å². The Labute approximate surface area is 219 Å². The van der Waals surface area contributed by atoms with E-state index < -0.39 is 5.41 Å². The maximum atomic E-state index is 13.2. The summed E-state index contributed by atoms with van der Waals surface area (Å²) in [7, 11) is 2.16. The van der Waals surface area contributed by atoms with Crippen molar-refractivity contribution in [1.82, 2.24) is 25.3 Å². The van der Waals surface area contributed by atoms with Gasteiger partial charge in [-0.15, -0.1) is 6.58 Å². The second kappa shape index (κ2) is 10.2. The summed E-state index contributed by atoms with van der Waals surface area (Å²) in [5.74, 6) is 3.56. The molecule has 1 saturated carbocycles. The lowest BCUT2D eigenvalue weighted by Gasteiger charge is -2.36. The van der Waals surface area contributed by atoms with Crippen molar-refractivity contribution < 1.29 is 9.32 Å². The number of likely N-dealkylation sites (N-methyl/N-ethyl adjacent to an activating group) is 1. The predicted octanol–water partition coefficient (Wildman–Crippen LogP) is 2.95. The monoisotopic (exact) mass is 505 g/mol. The summed E-state index contributed by atoms with van der Waals surface area (Å²) in [4.78, 5) is 30.4. The number of nitrogens with zero attached hydrogens (tertiary/aromatic N) is 6. The zero-order valence-corrected chi connectivity index (χ0v) is 22.0. The zero-order valence-electron chi connectivity index (χ0n) is 22.0. The first-order valence-electron chi connectivity index (χ1n) is 14.0. The van der Waals surface area contributed by atoms with Crippen molar-refractivity contribution >= 4 is 17.4 Å². The highest BCUT2D eigenvalue weighted by Crippen LogP contribution is 2.47. The number of hydrogen-bond donors (Lipinski definition) is 1. The van der Waals surface area contributed by atoms with Crippen molar-refractivity contribution in [2.24, 2.45) is 0 Å². The molecule has 4 heterocycles. The van der Waals surface area contributed by atoms with Crippen LogP contribution in [0.1, 0.15) is 56.3 Å². The molecule has 0 amide bonds. The molecule has 0 aromatic carbocycles. The summed E-state index contributed by atoms with van der Waals surface area (Å²) < 4.78 is 6.04. The first kappa shape index (κ1) is 24.6. The second-order valence-electron chi connectivity index (χ2n) is 11.2. The van der Waals surface area contributed by atoms with E-state index in [9.17, 15) is 4.79 Å². The van der Waals surface area contributed by atoms with Gasteiger partial charge in [0.1, 0.15) is 17.4 Å². The highest BCUT2D eigenvalue weighted by atomic mass is 16.5. The number of ketones is 1. The summed E-state index contributed by atoms with van der Waals surface area (Å²) in [6, 6.07) is 2.29. The minimum atomic E-state index is -0.501. The van der Waals surface area contributed by atoms with Crippen LogP contribution in [0.2, 0.25) is 0 Å². The van der Waals surface area contributed by atoms with E-state index in [0.29, 0.717) is 23.7 Å². The van der Waals surface area contributed by atoms with Crippen LogP contribution < -0.4 is 15.1 Å². The van der Waals surface area contributed by atoms with Crippen LogP contribution in [-0.4, -0.2) is 84.7 Å². The molecular weight excluding hydrogens is 466 g/mol. The molecule has 9 heteroatoms. The van der Waals surface area contributed by atoms with Gasteiger partial charge in [0.15, 0.2) is 17.3 Å². The van der Waals surface area contributed by atoms with Gasteiger partial charge < -0.3 is 24.5 Å². The fraction of sp³-hybridized carbons (Fsp3) is 0.643. The van der Waals surface area contributed by atoms with Gasteiger partial charge in [0.25, 0.3) is 0 Å². The van der Waals surface area contributed by atoms with Crippen molar-refractivity contribution in [2.45, 2.75) is 62.8 Å². The van der Waals surface area contributed by atoms with Gasteiger partial charge in [-0.25, -0.2) is 9.97 Å². The van der Waals surface area contributed by atoms with Crippen LogP contribution in [0.4, 0.5) is 11.6 Å². The van der Waals surface area contributed by atoms with Gasteiger partial charge in [0, 0.05) is 57.3 Å². The summed E-state index contributed by atoms with van der Waals surface area (Å²) in [6.45, 7) is 10.7. The molecule has 2 saturated heterocycles. The highest BCUT2D eigenvalue weighted by Gasteiger charge is 2.48. The Bertz CT molecular complexity index is 1160. The fourth-order valence-corrected chi connectivity index (χ4v) is 6.64. The van der Waals surface area contributed by atoms with Crippen molar-refractivity contribution in [2.75, 3.05) is 62.7 Å². The molecule has 3 fully saturated rings. The Morgan fingerprint density at radius 1 is 1.05 bits per heavy atom. The van der Waals surface area contributed by atoms with Gasteiger partial charge >= 0.3 is 0 Å². The molecule has 1 spiro atoms. The molecule has 9 nitrogen and oxygen atoms in total. The molecule has 2 aliphatic heterocycles. The SMILES string of the molecule is C=C[C@H]1CNCCCN1c1cc(N2CCN(C)CC2)nc(-c2noc3c2CCC[C@@]32CCCCC2=O)n1. The molecule has 6 rings (SSSR count). The third-order valence-corrected chi connectivity index (χ3v) is 8.86. The maximum Gasteiger partial charge on any atom is 0.186 e. The van der Waals surface area contributed by atoms with Crippen LogP contribution in [0, 0.1) is 0 Å². The number of piperazine rings is 1. The minimum Gasteiger partial charge on any atom is -0.359 e. The molecule has 0 bridgehead atoms. The van der Waals surface area contributed by atoms with E-state index in [1.165, 1.54) is 0 Å². The van der Waals surface area contributed by atoms with Crippen molar-refractivity contribution in [1.29, 1.82) is 0 Å². The van der Waals surface area contributed by atoms with Gasteiger partial charge in [-0.1, -0.05) is 17.7 Å². The number of hydrogen-bond acceptors (Lipinski definition) is 9. The lowest BCUT2D eigenvalue weighted by atomic mass is 9.64. The molecule has 2 aromatic rings. The fourth-order valence-electron chi connectivity index (χ4n) is 6.64. The summed E-state index contributed by atoms with van der Waals surface area (Å²) in [6.07, 6.45) is 9.27. The standard InChI is InChI=1S/C28H39N7O2/c1-3-20-19-29-12-7-13-35(20)24-18-23(34-16-14-33(2)15-17-34)30-27(31-24)25-21-8-6-11-28(26(21)37-32-25)10-5-4-9-22(28)36/h3,18,20,29H,1,4-17,19H2,2H3/t20-,28+/m0/s1. The Kier molecular flexibility index (Phi) is 6.75. The Hall–Kier alpha value is -2.78. The van der Waals surface area contributed by atoms with Crippen LogP contribution in [-0.2, 0) is 16.6 Å². The van der Waals surface area contributed by atoms with Crippen LogP contribution in [0.3, 0.4) is 0 Å². The number of nitrogens with one attached hydrogen (secondary N) is 1. The van der Waals surface area contributed by atoms with Gasteiger partial charge in [-0.05, 0) is 52.1 Å². The Balaban J connectivity index is 1.44. The number of rotatable bonds is 4. The largest absolute Gasteiger partial charge is 0.359 e. The number of carbonyl (C=O) groups excluding carboxylic acids is 1. The molecule has 37 heavy (non-hydrogen) atoms. The van der Waals surface area contributed by atoms with Crippen LogP contribution in [0.15, 0.2) is 23.2 Å². The lowest BCUT2D eigenvalue weighted by Crippen LogP contribution is -2.45. The average molecular weight is 506 g/mol. The van der Waals surface area contributed by atoms with Gasteiger partial charge in [0.2, 0.25) is 0 Å². The van der Waals surface area contributed by atoms with Crippen LogP contribution in [0.25, 0.3) is 11.5 Å². The van der Waals surface area contributed by atoms with Crippen molar-refractivity contribution in [3.05, 3.63) is 30.0 Å². The van der Waals surface area contributed by atoms with E-state index in [1.54, 1.807) is 0 Å². The summed E-state index contributed by atoms with van der Waals surface area (Å²) in [5.41, 5.74) is 1.26. The third kappa shape index (κ3) is 4.46. The van der Waals surface area contributed by atoms with E-state index in [4.69, 9.17) is 14.5 Å². The molecule has 4 aliphatic rings. The van der Waals surface area contributed by atoms with Crippen molar-refractivity contribution in [3.8, 4) is 11.5 Å². The van der Waals surface area contributed by atoms with Gasteiger partial charge in [-0.3, -0.25) is 4.79 Å². The molecular formula is C28H39N7O2. The Morgan fingerprint density at radius 3 is 2.68 bits per heavy atom. The summed E-state index contributed by atoms with van der Waals surface area (Å²) >= 11 is 0. The minimum absolute atomic E-state index is 0.153. The van der Waals surface area contributed by atoms with E-state index in [0.717, 1.165) is 114 Å². The van der Waals surface area contributed by atoms with Gasteiger partial charge in [0.05, 0.1) is 11.5 Å². The molecule has 198 valence electrons. The second-order valence-corrected chi connectivity index (χ2v) is 11.2. The number of fused-ring (bicyclic) bond motifs is 2. The van der Waals surface area contributed by atoms with Crippen molar-refractivity contribution in [3.63, 3.8) is 0 Å². The molecule has 2 atom stereocenters. The molecule has 0 radical (unpaired) electrons. The number of carbonyl (C=O) groups is 1.